The molecule has 2 heterocycles. The van der Waals surface area contributed by atoms with Crippen molar-refractivity contribution >= 4 is 46.8 Å². The standard InChI is InChI=1S/C21H17Cl2NO6S/c1-29-18-4-3-11(5-19(18)30-2)13(7-15-16(22)8-24(28)9-17(15)23)14-6-12(10-25)31-20(14)21(26)27/h3-6,8-10,13H,7H2,1-2H3,(H-,26,27,28)/t13-/m0/s1. The molecule has 2 aromatic heterocycles. The molecule has 0 aliphatic rings. The van der Waals surface area contributed by atoms with Gasteiger partial charge in [-0.3, -0.25) is 10.0 Å². The third-order valence-electron chi connectivity index (χ3n) is 4.74. The van der Waals surface area contributed by atoms with Crippen molar-refractivity contribution < 1.29 is 34.1 Å². The van der Waals surface area contributed by atoms with Crippen LogP contribution in [-0.2, 0) is 6.42 Å². The summed E-state index contributed by atoms with van der Waals surface area (Å²) >= 11 is 13.4. The number of pyridine rings is 1. The second-order valence-corrected chi connectivity index (χ2v) is 8.42. The summed E-state index contributed by atoms with van der Waals surface area (Å²) in [5.41, 5.74) is 1.56. The van der Waals surface area contributed by atoms with Crippen LogP contribution in [0, 0.1) is 0 Å². The molecule has 162 valence electrons. The highest BCUT2D eigenvalue weighted by molar-refractivity contribution is 7.15. The summed E-state index contributed by atoms with van der Waals surface area (Å²) in [6.45, 7) is 0. The van der Waals surface area contributed by atoms with Gasteiger partial charge in [-0.2, -0.15) is 0 Å². The van der Waals surface area contributed by atoms with Crippen LogP contribution < -0.4 is 19.3 Å². The number of nitrogens with zero attached hydrogens (tertiary/aromatic N) is 1. The lowest BCUT2D eigenvalue weighted by Gasteiger charge is -2.21. The zero-order valence-electron chi connectivity index (χ0n) is 16.4. The van der Waals surface area contributed by atoms with E-state index in [1.54, 1.807) is 18.2 Å². The van der Waals surface area contributed by atoms with Crippen molar-refractivity contribution in [3.63, 3.8) is 0 Å². The summed E-state index contributed by atoms with van der Waals surface area (Å²) in [6.07, 6.45) is 3.32. The van der Waals surface area contributed by atoms with Crippen LogP contribution in [0.2, 0.25) is 10.0 Å². The maximum atomic E-state index is 11.8. The Kier molecular flexibility index (Phi) is 7.04. The fraction of sp³-hybridized carbons (Fsp3) is 0.190. The van der Waals surface area contributed by atoms with E-state index < -0.39 is 11.9 Å². The van der Waals surface area contributed by atoms with E-state index in [0.29, 0.717) is 34.5 Å². The lowest BCUT2D eigenvalue weighted by Crippen LogP contribution is -2.29. The quantitative estimate of drug-likeness (QED) is 0.301. The largest absolute Gasteiger partial charge is 0.544 e. The molecule has 0 aliphatic carbocycles. The number of carboxylic acid groups (broad SMARTS) is 1. The number of hydrogen-bond acceptors (Lipinski definition) is 7. The molecular formula is C21H17Cl2NO6S. The van der Waals surface area contributed by atoms with Gasteiger partial charge in [0.25, 0.3) is 0 Å². The van der Waals surface area contributed by atoms with Crippen LogP contribution in [0.1, 0.15) is 42.0 Å². The number of carboxylic acids is 1. The monoisotopic (exact) mass is 481 g/mol. The highest BCUT2D eigenvalue weighted by Crippen LogP contribution is 2.40. The normalized spacial score (nSPS) is 11.7. The number of methoxy groups -OCH3 is 2. The molecule has 0 unspecified atom stereocenters. The molecule has 0 spiro atoms. The maximum Gasteiger partial charge on any atom is 0.241 e. The molecule has 0 bridgehead atoms. The van der Waals surface area contributed by atoms with E-state index in [-0.39, 0.29) is 26.2 Å². The minimum absolute atomic E-state index is 0.0673. The summed E-state index contributed by atoms with van der Waals surface area (Å²) in [6, 6.07) is 6.70. The van der Waals surface area contributed by atoms with Gasteiger partial charge in [0.2, 0.25) is 12.4 Å². The molecule has 0 saturated heterocycles. The smallest absolute Gasteiger partial charge is 0.241 e. The van der Waals surface area contributed by atoms with Crippen LogP contribution in [0.5, 0.6) is 11.5 Å². The summed E-state index contributed by atoms with van der Waals surface area (Å²) < 4.78 is 11.4. The van der Waals surface area contributed by atoms with Crippen LogP contribution in [0.3, 0.4) is 0 Å². The lowest BCUT2D eigenvalue weighted by atomic mass is 9.85. The molecular weight excluding hydrogens is 465 g/mol. The third kappa shape index (κ3) is 4.76. The first-order valence-corrected chi connectivity index (χ1v) is 10.5. The van der Waals surface area contributed by atoms with Gasteiger partial charge in [0.15, 0.2) is 17.8 Å². The van der Waals surface area contributed by atoms with Crippen molar-refractivity contribution in [1.29, 1.82) is 0 Å². The molecule has 1 N–H and O–H groups in total. The Bertz CT molecular complexity index is 1120. The molecule has 0 aliphatic heterocycles. The first-order chi connectivity index (χ1) is 14.8. The topological polar surface area (TPSA) is 99.8 Å². The van der Waals surface area contributed by atoms with Crippen LogP contribution in [0.25, 0.3) is 0 Å². The number of aromatic nitrogens is 1. The second-order valence-electron chi connectivity index (χ2n) is 6.52. The van der Waals surface area contributed by atoms with E-state index in [9.17, 15) is 19.9 Å². The summed E-state index contributed by atoms with van der Waals surface area (Å²) in [5.74, 6) is -1.01. The highest BCUT2D eigenvalue weighted by Gasteiger charge is 2.26. The second kappa shape index (κ2) is 9.55. The number of ether oxygens (including phenoxy) is 2. The number of halogens is 2. The Morgan fingerprint density at radius 3 is 2.39 bits per heavy atom. The van der Waals surface area contributed by atoms with Crippen molar-refractivity contribution in [3.8, 4) is 11.5 Å². The van der Waals surface area contributed by atoms with E-state index in [0.717, 1.165) is 16.1 Å². The third-order valence-corrected chi connectivity index (χ3v) is 6.45. The van der Waals surface area contributed by atoms with Gasteiger partial charge in [-0.05, 0) is 35.7 Å². The Labute approximate surface area is 192 Å². The minimum atomic E-state index is -1.39. The van der Waals surface area contributed by atoms with Crippen LogP contribution in [0.4, 0.5) is 0 Å². The van der Waals surface area contributed by atoms with Crippen molar-refractivity contribution in [2.24, 2.45) is 0 Å². The molecule has 1 atom stereocenters. The maximum absolute atomic E-state index is 11.8. The number of carbonyl (C=O) groups is 2. The molecule has 0 radical (unpaired) electrons. The molecule has 1 aromatic carbocycles. The Morgan fingerprint density at radius 1 is 1.19 bits per heavy atom. The van der Waals surface area contributed by atoms with Gasteiger partial charge in [0, 0.05) is 16.2 Å². The van der Waals surface area contributed by atoms with Crippen molar-refractivity contribution in [2.45, 2.75) is 12.3 Å². The highest BCUT2D eigenvalue weighted by atomic mass is 35.5. The van der Waals surface area contributed by atoms with Gasteiger partial charge >= 0.3 is 0 Å². The number of aldehydes is 1. The van der Waals surface area contributed by atoms with Gasteiger partial charge in [-0.1, -0.05) is 29.3 Å². The van der Waals surface area contributed by atoms with Gasteiger partial charge in [0.1, 0.15) is 10.0 Å². The Hall–Kier alpha value is -2.81. The van der Waals surface area contributed by atoms with E-state index in [2.05, 4.69) is 0 Å². The molecule has 3 aromatic rings. The molecule has 0 fully saturated rings. The summed E-state index contributed by atoms with van der Waals surface area (Å²) in [5, 5.41) is 21.8. The van der Waals surface area contributed by atoms with Crippen LogP contribution >= 0.6 is 34.5 Å². The molecule has 10 heteroatoms. The number of aromatic carboxylic acids is 1. The van der Waals surface area contributed by atoms with E-state index in [1.165, 1.54) is 32.7 Å². The fourth-order valence-electron chi connectivity index (χ4n) is 3.32. The van der Waals surface area contributed by atoms with Crippen LogP contribution in [-0.4, -0.2) is 31.7 Å². The summed E-state index contributed by atoms with van der Waals surface area (Å²) in [4.78, 5) is 23.3. The Morgan fingerprint density at radius 2 is 1.84 bits per heavy atom. The molecule has 31 heavy (non-hydrogen) atoms. The molecule has 3 rings (SSSR count). The van der Waals surface area contributed by atoms with E-state index in [4.69, 9.17) is 32.7 Å². The van der Waals surface area contributed by atoms with Gasteiger partial charge in [-0.25, -0.2) is 0 Å². The first kappa shape index (κ1) is 22.9. The van der Waals surface area contributed by atoms with E-state index in [1.807, 2.05) is 0 Å². The fourth-order valence-corrected chi connectivity index (χ4v) is 4.80. The predicted octanol–water partition coefficient (Wildman–Crippen LogP) is 3.15. The predicted molar refractivity (Wildman–Crippen MR) is 113 cm³/mol. The lowest BCUT2D eigenvalue weighted by molar-refractivity contribution is -0.904. The van der Waals surface area contributed by atoms with E-state index >= 15 is 0 Å². The number of benzene rings is 1. The van der Waals surface area contributed by atoms with Gasteiger partial charge in [-0.15, -0.1) is 11.3 Å². The zero-order valence-corrected chi connectivity index (χ0v) is 18.8. The average Bonchev–Trinajstić information content (AvgIpc) is 3.17. The number of hydrogen-bond donors (Lipinski definition) is 1. The van der Waals surface area contributed by atoms with Gasteiger partial charge in [0.05, 0.1) is 29.9 Å². The zero-order chi connectivity index (χ0) is 22.7. The number of carbonyl (C=O) groups excluding carboxylic acids is 2. The van der Waals surface area contributed by atoms with Crippen LogP contribution in [0.15, 0.2) is 36.7 Å². The van der Waals surface area contributed by atoms with Gasteiger partial charge < -0.3 is 19.4 Å². The van der Waals surface area contributed by atoms with Crippen molar-refractivity contribution in [3.05, 3.63) is 73.1 Å². The number of thiophene rings is 1. The van der Waals surface area contributed by atoms with Crippen molar-refractivity contribution in [2.75, 3.05) is 14.2 Å². The first-order valence-electron chi connectivity index (χ1n) is 8.89. The molecule has 0 amide bonds. The molecule has 0 saturated carbocycles. The summed E-state index contributed by atoms with van der Waals surface area (Å²) in [7, 11) is 3.00. The molecule has 7 nitrogen and oxygen atoms in total. The Balaban J connectivity index is 2.22. The SMILES string of the molecule is COc1ccc([C@H](Cc2c(Cl)c[n+](O)cc2Cl)c2cc(C=O)sc2C(=O)[O-])cc1OC. The van der Waals surface area contributed by atoms with Crippen molar-refractivity contribution in [1.82, 2.24) is 0 Å². The number of rotatable bonds is 8. The average molecular weight is 482 g/mol. The minimum Gasteiger partial charge on any atom is -0.544 e.